The van der Waals surface area contributed by atoms with E-state index in [1.54, 1.807) is 20.8 Å². The first kappa shape index (κ1) is 20.8. The van der Waals surface area contributed by atoms with Crippen LogP contribution >= 0.6 is 0 Å². The third-order valence-electron chi connectivity index (χ3n) is 3.65. The quantitative estimate of drug-likeness (QED) is 0.428. The van der Waals surface area contributed by atoms with Crippen molar-refractivity contribution in [1.82, 2.24) is 15.2 Å². The van der Waals surface area contributed by atoms with E-state index in [0.29, 0.717) is 17.1 Å². The van der Waals surface area contributed by atoms with Crippen molar-refractivity contribution >= 4 is 23.1 Å². The predicted molar refractivity (Wildman–Crippen MR) is 102 cm³/mol. The normalized spacial score (nSPS) is 13.0. The minimum atomic E-state index is -0.644. The molecule has 0 bridgehead atoms. The molecule has 0 aliphatic carbocycles. The minimum absolute atomic E-state index is 0.179. The van der Waals surface area contributed by atoms with E-state index >= 15 is 0 Å². The van der Waals surface area contributed by atoms with E-state index in [-0.39, 0.29) is 35.9 Å². The third kappa shape index (κ3) is 5.01. The standard InChI is InChI=1S/C17H21N9O2/c1-9(27)6-20-16-13(5-19)11(3)14(17(23-16)21-7-10(2)28)24-26-15-12(4-18)8-22-25-15/h8-10,27-28H,6-7H2,1-3H3,(H,22,25)(H2,20,21,23). The van der Waals surface area contributed by atoms with Crippen molar-refractivity contribution in [1.29, 1.82) is 10.5 Å². The Kier molecular flexibility index (Phi) is 6.98. The van der Waals surface area contributed by atoms with Gasteiger partial charge in [0.2, 0.25) is 0 Å². The van der Waals surface area contributed by atoms with E-state index in [9.17, 15) is 15.5 Å². The largest absolute Gasteiger partial charge is 0.392 e. The van der Waals surface area contributed by atoms with Crippen LogP contribution in [0, 0.1) is 29.6 Å². The molecule has 0 saturated heterocycles. The summed E-state index contributed by atoms with van der Waals surface area (Å²) in [5.41, 5.74) is 1.27. The Morgan fingerprint density at radius 2 is 1.75 bits per heavy atom. The second-order valence-electron chi connectivity index (χ2n) is 6.17. The Bertz CT molecular complexity index is 935. The monoisotopic (exact) mass is 383 g/mol. The van der Waals surface area contributed by atoms with E-state index in [1.807, 2.05) is 6.07 Å². The highest BCUT2D eigenvalue weighted by Crippen LogP contribution is 2.34. The van der Waals surface area contributed by atoms with Crippen LogP contribution in [0.25, 0.3) is 0 Å². The van der Waals surface area contributed by atoms with Gasteiger partial charge in [-0.1, -0.05) is 0 Å². The number of azo groups is 1. The van der Waals surface area contributed by atoms with Gasteiger partial charge in [0.25, 0.3) is 0 Å². The number of hydrogen-bond donors (Lipinski definition) is 5. The maximum Gasteiger partial charge on any atom is 0.188 e. The molecule has 2 rings (SSSR count). The van der Waals surface area contributed by atoms with Crippen LogP contribution in [0.3, 0.4) is 0 Å². The van der Waals surface area contributed by atoms with Crippen LogP contribution in [-0.2, 0) is 0 Å². The van der Waals surface area contributed by atoms with Gasteiger partial charge in [-0.15, -0.1) is 10.2 Å². The summed E-state index contributed by atoms with van der Waals surface area (Å²) in [6.45, 7) is 5.31. The fourth-order valence-electron chi connectivity index (χ4n) is 2.23. The fourth-order valence-corrected chi connectivity index (χ4v) is 2.23. The first-order valence-electron chi connectivity index (χ1n) is 8.51. The second-order valence-corrected chi connectivity index (χ2v) is 6.17. The highest BCUT2D eigenvalue weighted by Gasteiger charge is 2.18. The first-order valence-corrected chi connectivity index (χ1v) is 8.51. The van der Waals surface area contributed by atoms with E-state index in [0.717, 1.165) is 0 Å². The molecule has 0 radical (unpaired) electrons. The first-order chi connectivity index (χ1) is 13.4. The molecule has 5 N–H and O–H groups in total. The molecular formula is C17H21N9O2. The van der Waals surface area contributed by atoms with Crippen LogP contribution in [0.1, 0.15) is 30.5 Å². The van der Waals surface area contributed by atoms with E-state index in [4.69, 9.17) is 5.26 Å². The molecule has 28 heavy (non-hydrogen) atoms. The highest BCUT2D eigenvalue weighted by molar-refractivity contribution is 5.74. The van der Waals surface area contributed by atoms with Crippen molar-refractivity contribution in [2.75, 3.05) is 23.7 Å². The maximum absolute atomic E-state index is 9.57. The average Bonchev–Trinajstić information content (AvgIpc) is 3.11. The van der Waals surface area contributed by atoms with Crippen molar-refractivity contribution in [3.8, 4) is 12.1 Å². The Hall–Kier alpha value is -3.54. The third-order valence-corrected chi connectivity index (χ3v) is 3.65. The molecule has 0 aromatic carbocycles. The van der Waals surface area contributed by atoms with Crippen molar-refractivity contribution < 1.29 is 10.2 Å². The molecule has 0 spiro atoms. The van der Waals surface area contributed by atoms with Gasteiger partial charge in [-0.2, -0.15) is 15.6 Å². The topological polar surface area (TPSA) is 178 Å². The van der Waals surface area contributed by atoms with Gasteiger partial charge >= 0.3 is 0 Å². The maximum atomic E-state index is 9.57. The lowest BCUT2D eigenvalue weighted by Crippen LogP contribution is -2.19. The Morgan fingerprint density at radius 3 is 2.32 bits per heavy atom. The molecule has 2 aromatic rings. The summed E-state index contributed by atoms with van der Waals surface area (Å²) in [4.78, 5) is 4.38. The molecule has 0 aliphatic heterocycles. The molecule has 146 valence electrons. The van der Waals surface area contributed by atoms with Gasteiger partial charge in [-0.05, 0) is 20.8 Å². The number of hydrogen-bond acceptors (Lipinski definition) is 10. The molecule has 2 atom stereocenters. The average molecular weight is 383 g/mol. The van der Waals surface area contributed by atoms with Crippen molar-refractivity contribution in [3.63, 3.8) is 0 Å². The van der Waals surface area contributed by atoms with E-state index in [1.165, 1.54) is 6.20 Å². The lowest BCUT2D eigenvalue weighted by atomic mass is 10.1. The lowest BCUT2D eigenvalue weighted by molar-refractivity contribution is 0.208. The summed E-state index contributed by atoms with van der Waals surface area (Å²) >= 11 is 0. The summed E-state index contributed by atoms with van der Waals surface area (Å²) in [7, 11) is 0. The number of aliphatic hydroxyl groups is 2. The van der Waals surface area contributed by atoms with Crippen molar-refractivity contribution in [2.45, 2.75) is 33.0 Å². The number of rotatable bonds is 8. The van der Waals surface area contributed by atoms with Gasteiger partial charge in [0, 0.05) is 18.7 Å². The second kappa shape index (κ2) is 9.41. The molecule has 0 amide bonds. The zero-order chi connectivity index (χ0) is 20.7. The van der Waals surface area contributed by atoms with Crippen molar-refractivity contribution in [3.05, 3.63) is 22.9 Å². The molecule has 0 aliphatic rings. The van der Waals surface area contributed by atoms with Crippen LogP contribution in [0.15, 0.2) is 16.4 Å². The van der Waals surface area contributed by atoms with Crippen molar-refractivity contribution in [2.24, 2.45) is 10.2 Å². The lowest BCUT2D eigenvalue weighted by Gasteiger charge is -2.16. The molecule has 11 nitrogen and oxygen atoms in total. The Labute approximate surface area is 161 Å². The summed E-state index contributed by atoms with van der Waals surface area (Å²) in [5, 5.41) is 58.0. The molecule has 0 fully saturated rings. The van der Waals surface area contributed by atoms with Crippen LogP contribution in [-0.4, -0.2) is 50.7 Å². The molecule has 0 saturated carbocycles. The van der Waals surface area contributed by atoms with Gasteiger partial charge in [-0.3, -0.25) is 5.10 Å². The predicted octanol–water partition coefficient (Wildman–Crippen LogP) is 1.86. The zero-order valence-corrected chi connectivity index (χ0v) is 15.7. The zero-order valence-electron chi connectivity index (χ0n) is 15.7. The van der Waals surface area contributed by atoms with Crippen LogP contribution < -0.4 is 10.6 Å². The number of nitriles is 2. The smallest absolute Gasteiger partial charge is 0.188 e. The number of pyridine rings is 1. The Balaban J connectivity index is 2.51. The number of aromatic amines is 1. The van der Waals surface area contributed by atoms with Gasteiger partial charge in [0.15, 0.2) is 11.6 Å². The molecule has 11 heteroatoms. The summed E-state index contributed by atoms with van der Waals surface area (Å²) in [5.74, 6) is 0.762. The van der Waals surface area contributed by atoms with Gasteiger partial charge in [-0.25, -0.2) is 4.98 Å². The number of aromatic nitrogens is 3. The summed E-state index contributed by atoms with van der Waals surface area (Å²) < 4.78 is 0. The SMILES string of the molecule is Cc1c(C#N)c(NCC(C)O)nc(NCC(C)O)c1N=Nc1[nH]ncc1C#N. The van der Waals surface area contributed by atoms with Gasteiger partial charge in [0.1, 0.15) is 29.2 Å². The fraction of sp³-hybridized carbons (Fsp3) is 0.412. The number of nitrogens with zero attached hydrogens (tertiary/aromatic N) is 6. The molecule has 2 heterocycles. The Morgan fingerprint density at radius 1 is 1.11 bits per heavy atom. The van der Waals surface area contributed by atoms with Gasteiger partial charge in [0.05, 0.1) is 24.0 Å². The van der Waals surface area contributed by atoms with Crippen LogP contribution in [0.5, 0.6) is 0 Å². The highest BCUT2D eigenvalue weighted by atomic mass is 16.3. The number of H-pyrrole nitrogens is 1. The number of anilines is 2. The number of aliphatic hydroxyl groups excluding tert-OH is 2. The summed E-state index contributed by atoms with van der Waals surface area (Å²) in [6.07, 6.45) is 0.0522. The molecule has 2 aromatic heterocycles. The van der Waals surface area contributed by atoms with Crippen LogP contribution in [0.4, 0.5) is 23.1 Å². The number of nitrogens with one attached hydrogen (secondary N) is 3. The van der Waals surface area contributed by atoms with E-state index < -0.39 is 12.2 Å². The summed E-state index contributed by atoms with van der Waals surface area (Å²) in [6, 6.07) is 4.02. The molecular weight excluding hydrogens is 362 g/mol. The van der Waals surface area contributed by atoms with Crippen LogP contribution in [0.2, 0.25) is 0 Å². The minimum Gasteiger partial charge on any atom is -0.392 e. The van der Waals surface area contributed by atoms with E-state index in [2.05, 4.69) is 42.1 Å². The molecule has 2 unspecified atom stereocenters. The van der Waals surface area contributed by atoms with Gasteiger partial charge < -0.3 is 20.8 Å².